The first kappa shape index (κ1) is 8.35. The number of rotatable bonds is 3. The smallest absolute Gasteiger partial charge is 0.276 e. The Bertz CT molecular complexity index is 299. The Labute approximate surface area is 69.3 Å². The molecule has 1 rings (SSSR count). The third-order valence-electron chi connectivity index (χ3n) is 2.02. The topological polar surface area (TPSA) is 89.4 Å². The highest BCUT2D eigenvalue weighted by Crippen LogP contribution is 2.45. The summed E-state index contributed by atoms with van der Waals surface area (Å²) in [5.74, 6) is 0. The summed E-state index contributed by atoms with van der Waals surface area (Å²) in [6.07, 6.45) is 0.689. The highest BCUT2D eigenvalue weighted by Gasteiger charge is 2.60. The number of nitrogens with zero attached hydrogens (tertiary/aromatic N) is 4. The first-order chi connectivity index (χ1) is 5.70. The third kappa shape index (κ3) is 0.737. The monoisotopic (exact) mass is 162 g/mol. The Hall–Kier alpha value is -1.75. The Morgan fingerprint density at radius 3 is 2.08 bits per heavy atom. The molecule has 0 amide bonds. The van der Waals surface area contributed by atoms with Crippen LogP contribution in [0, 0.1) is 28.1 Å². The summed E-state index contributed by atoms with van der Waals surface area (Å²) in [5, 5.41) is 24.4. The normalized spacial score (nSPS) is 17.6. The fourth-order valence-corrected chi connectivity index (χ4v) is 0.980. The van der Waals surface area contributed by atoms with E-state index in [2.05, 4.69) is 10.2 Å². The second-order valence-electron chi connectivity index (χ2n) is 2.53. The largest absolute Gasteiger partial charge is 0.298 e. The van der Waals surface area contributed by atoms with E-state index in [1.807, 2.05) is 0 Å². The minimum absolute atomic E-state index is 0.242. The van der Waals surface area contributed by atoms with Crippen molar-refractivity contribution in [3.8, 4) is 12.1 Å². The Morgan fingerprint density at radius 1 is 1.50 bits per heavy atom. The van der Waals surface area contributed by atoms with Gasteiger partial charge in [-0.25, -0.2) is 0 Å². The predicted octanol–water partition coefficient (Wildman–Crippen LogP) is 0.791. The molecule has 0 saturated carbocycles. The molecule has 0 radical (unpaired) electrons. The first-order valence-electron chi connectivity index (χ1n) is 3.43. The van der Waals surface area contributed by atoms with Gasteiger partial charge in [0, 0.05) is 0 Å². The molecule has 0 N–H and O–H groups in total. The number of nitriles is 2. The second kappa shape index (κ2) is 2.38. The minimum Gasteiger partial charge on any atom is -0.298 e. The van der Waals surface area contributed by atoms with Crippen LogP contribution in [0.3, 0.4) is 0 Å². The molecule has 0 spiro atoms. The van der Waals surface area contributed by atoms with E-state index in [4.69, 9.17) is 10.5 Å². The van der Waals surface area contributed by atoms with Crippen LogP contribution in [-0.2, 0) is 4.79 Å². The molecule has 0 saturated heterocycles. The van der Waals surface area contributed by atoms with E-state index >= 15 is 0 Å². The molecule has 0 fully saturated rings. The quantitative estimate of drug-likeness (QED) is 0.574. The summed E-state index contributed by atoms with van der Waals surface area (Å²) in [6.45, 7) is 1.65. The highest BCUT2D eigenvalue weighted by molar-refractivity contribution is 5.71. The van der Waals surface area contributed by atoms with Crippen molar-refractivity contribution >= 4 is 6.29 Å². The molecule has 5 heteroatoms. The van der Waals surface area contributed by atoms with Gasteiger partial charge in [-0.1, -0.05) is 6.92 Å². The average molecular weight is 162 g/mol. The van der Waals surface area contributed by atoms with Crippen molar-refractivity contribution in [3.05, 3.63) is 0 Å². The second-order valence-corrected chi connectivity index (χ2v) is 2.53. The van der Waals surface area contributed by atoms with Crippen LogP contribution < -0.4 is 0 Å². The van der Waals surface area contributed by atoms with Crippen molar-refractivity contribution in [1.82, 2.24) is 0 Å². The number of aldehydes is 1. The maximum Gasteiger partial charge on any atom is 0.276 e. The van der Waals surface area contributed by atoms with Crippen LogP contribution in [0.4, 0.5) is 0 Å². The maximum absolute atomic E-state index is 10.5. The van der Waals surface area contributed by atoms with Crippen molar-refractivity contribution in [2.45, 2.75) is 19.0 Å². The molecule has 0 aliphatic carbocycles. The molecular weight excluding hydrogens is 156 g/mol. The van der Waals surface area contributed by atoms with Crippen LogP contribution in [0.5, 0.6) is 0 Å². The van der Waals surface area contributed by atoms with E-state index in [1.165, 1.54) is 0 Å². The Balaban J connectivity index is 3.05. The Kier molecular flexibility index (Phi) is 1.66. The standard InChI is InChI=1S/C7H6N4O/c1-2-6(3-8,4-9)7(5-12)10-11-7/h5H,2H2,1H3. The molecule has 0 unspecified atom stereocenters. The molecule has 0 aromatic rings. The lowest BCUT2D eigenvalue weighted by molar-refractivity contribution is -0.111. The molecule has 0 aromatic carbocycles. The third-order valence-corrected chi connectivity index (χ3v) is 2.02. The van der Waals surface area contributed by atoms with Crippen molar-refractivity contribution in [3.63, 3.8) is 0 Å². The van der Waals surface area contributed by atoms with Crippen LogP contribution >= 0.6 is 0 Å². The summed E-state index contributed by atoms with van der Waals surface area (Å²) in [5.41, 5.74) is -2.81. The van der Waals surface area contributed by atoms with Gasteiger partial charge in [0.25, 0.3) is 5.66 Å². The first-order valence-corrected chi connectivity index (χ1v) is 3.43. The number of carbonyl (C=O) groups is 1. The van der Waals surface area contributed by atoms with E-state index < -0.39 is 11.1 Å². The molecular formula is C7H6N4O. The van der Waals surface area contributed by atoms with Gasteiger partial charge in [0.2, 0.25) is 0 Å². The highest BCUT2D eigenvalue weighted by atomic mass is 16.1. The van der Waals surface area contributed by atoms with Crippen LogP contribution in [0.1, 0.15) is 13.3 Å². The fourth-order valence-electron chi connectivity index (χ4n) is 0.980. The van der Waals surface area contributed by atoms with Gasteiger partial charge in [-0.15, -0.1) is 10.2 Å². The number of carbonyl (C=O) groups excluding carboxylic acids is 1. The summed E-state index contributed by atoms with van der Waals surface area (Å²) in [7, 11) is 0. The average Bonchev–Trinajstić information content (AvgIpc) is 2.90. The SMILES string of the molecule is CCC(C#N)(C#N)C1(C=O)N=N1. The minimum atomic E-state index is -1.41. The number of hydrogen-bond acceptors (Lipinski definition) is 5. The van der Waals surface area contributed by atoms with Gasteiger partial charge in [-0.2, -0.15) is 10.5 Å². The van der Waals surface area contributed by atoms with Gasteiger partial charge >= 0.3 is 0 Å². The summed E-state index contributed by atoms with van der Waals surface area (Å²) in [4.78, 5) is 10.5. The van der Waals surface area contributed by atoms with E-state index in [0.29, 0.717) is 6.29 Å². The fraction of sp³-hybridized carbons (Fsp3) is 0.571. The van der Waals surface area contributed by atoms with E-state index in [0.717, 1.165) is 0 Å². The summed E-state index contributed by atoms with van der Waals surface area (Å²) < 4.78 is 0. The Morgan fingerprint density at radius 2 is 2.00 bits per heavy atom. The van der Waals surface area contributed by atoms with Crippen LogP contribution in [0.15, 0.2) is 10.2 Å². The lowest BCUT2D eigenvalue weighted by atomic mass is 9.78. The van der Waals surface area contributed by atoms with Crippen LogP contribution in [0.25, 0.3) is 0 Å². The van der Waals surface area contributed by atoms with Crippen LogP contribution in [0.2, 0.25) is 0 Å². The molecule has 60 valence electrons. The van der Waals surface area contributed by atoms with E-state index in [1.54, 1.807) is 19.1 Å². The molecule has 0 bridgehead atoms. The molecule has 0 aromatic heterocycles. The van der Waals surface area contributed by atoms with Crippen LogP contribution in [-0.4, -0.2) is 11.9 Å². The van der Waals surface area contributed by atoms with Crippen molar-refractivity contribution in [2.24, 2.45) is 15.6 Å². The van der Waals surface area contributed by atoms with E-state index in [9.17, 15) is 4.79 Å². The zero-order valence-corrected chi connectivity index (χ0v) is 6.48. The molecule has 5 nitrogen and oxygen atoms in total. The van der Waals surface area contributed by atoms with Crippen molar-refractivity contribution < 1.29 is 4.79 Å². The van der Waals surface area contributed by atoms with Gasteiger partial charge in [-0.3, -0.25) is 4.79 Å². The zero-order valence-electron chi connectivity index (χ0n) is 6.48. The van der Waals surface area contributed by atoms with Gasteiger partial charge in [0.05, 0.1) is 12.1 Å². The van der Waals surface area contributed by atoms with Gasteiger partial charge in [-0.05, 0) is 6.42 Å². The lowest BCUT2D eigenvalue weighted by Gasteiger charge is -2.17. The van der Waals surface area contributed by atoms with Gasteiger partial charge in [0.1, 0.15) is 0 Å². The lowest BCUT2D eigenvalue weighted by Crippen LogP contribution is -2.36. The van der Waals surface area contributed by atoms with Gasteiger partial charge < -0.3 is 0 Å². The van der Waals surface area contributed by atoms with Gasteiger partial charge in [0.15, 0.2) is 11.7 Å². The molecule has 0 atom stereocenters. The maximum atomic E-state index is 10.5. The molecule has 1 aliphatic rings. The predicted molar refractivity (Wildman–Crippen MR) is 37.6 cm³/mol. The van der Waals surface area contributed by atoms with Crippen molar-refractivity contribution in [2.75, 3.05) is 0 Å². The zero-order chi connectivity index (χ0) is 9.24. The van der Waals surface area contributed by atoms with E-state index in [-0.39, 0.29) is 6.42 Å². The molecule has 1 aliphatic heterocycles. The van der Waals surface area contributed by atoms with Crippen molar-refractivity contribution in [1.29, 1.82) is 10.5 Å². The summed E-state index contributed by atoms with van der Waals surface area (Å²) >= 11 is 0. The molecule has 12 heavy (non-hydrogen) atoms. The number of hydrogen-bond donors (Lipinski definition) is 0. The molecule has 1 heterocycles. The summed E-state index contributed by atoms with van der Waals surface area (Å²) in [6, 6.07) is 3.58.